The third kappa shape index (κ3) is 1.17. The van der Waals surface area contributed by atoms with E-state index >= 15 is 0 Å². The van der Waals surface area contributed by atoms with E-state index in [2.05, 4.69) is 9.24 Å². The van der Waals surface area contributed by atoms with Crippen LogP contribution in [0.2, 0.25) is 0 Å². The highest BCUT2D eigenvalue weighted by Crippen LogP contribution is 2.19. The summed E-state index contributed by atoms with van der Waals surface area (Å²) in [6, 6.07) is 11.5. The molecule has 0 bridgehead atoms. The predicted octanol–water partition coefficient (Wildman–Crippen LogP) is 2.05. The molecule has 0 aliphatic rings. The molecule has 0 heterocycles. The second-order valence-electron chi connectivity index (χ2n) is 2.76. The summed E-state index contributed by atoms with van der Waals surface area (Å²) in [5.74, 6) is 0.318. The molecule has 0 aliphatic carbocycles. The summed E-state index contributed by atoms with van der Waals surface area (Å²) in [5.41, 5.74) is 0. The van der Waals surface area contributed by atoms with Gasteiger partial charge in [0.25, 0.3) is 0 Å². The lowest BCUT2D eigenvalue weighted by molar-refractivity contribution is 0.476. The van der Waals surface area contributed by atoms with E-state index in [-0.39, 0.29) is 0 Å². The van der Waals surface area contributed by atoms with Crippen LogP contribution in [-0.4, -0.2) is 5.11 Å². The van der Waals surface area contributed by atoms with Gasteiger partial charge in [-0.2, -0.15) is 0 Å². The Labute approximate surface area is 73.2 Å². The fraction of sp³-hybridized carbons (Fsp3) is 0. The van der Waals surface area contributed by atoms with Crippen molar-refractivity contribution in [1.29, 1.82) is 0 Å². The van der Waals surface area contributed by atoms with Crippen LogP contribution in [0.3, 0.4) is 0 Å². The van der Waals surface area contributed by atoms with Crippen LogP contribution in [0.4, 0.5) is 0 Å². The molecule has 2 aromatic carbocycles. The van der Waals surface area contributed by atoms with Gasteiger partial charge in [-0.25, -0.2) is 0 Å². The van der Waals surface area contributed by atoms with Crippen molar-refractivity contribution in [2.75, 3.05) is 0 Å². The molecule has 0 amide bonds. The van der Waals surface area contributed by atoms with Crippen molar-refractivity contribution in [3.05, 3.63) is 36.4 Å². The van der Waals surface area contributed by atoms with Gasteiger partial charge in [0.05, 0.1) is 0 Å². The van der Waals surface area contributed by atoms with E-state index in [1.54, 1.807) is 12.1 Å². The Morgan fingerprint density at radius 2 is 1.83 bits per heavy atom. The average Bonchev–Trinajstić information content (AvgIpc) is 2.04. The lowest BCUT2D eigenvalue weighted by Crippen LogP contribution is -1.91. The number of phenolic OH excluding ortho intramolecular Hbond substituents is 1. The first kappa shape index (κ1) is 7.57. The topological polar surface area (TPSA) is 20.2 Å². The van der Waals surface area contributed by atoms with E-state index in [4.69, 9.17) is 0 Å². The van der Waals surface area contributed by atoms with E-state index in [1.165, 1.54) is 5.39 Å². The van der Waals surface area contributed by atoms with Gasteiger partial charge in [-0.15, -0.1) is 9.24 Å². The molecule has 2 heteroatoms. The van der Waals surface area contributed by atoms with Crippen molar-refractivity contribution in [2.24, 2.45) is 0 Å². The summed E-state index contributed by atoms with van der Waals surface area (Å²) in [7, 11) is 2.62. The third-order valence-electron chi connectivity index (χ3n) is 1.88. The summed E-state index contributed by atoms with van der Waals surface area (Å²) in [6.07, 6.45) is 0. The Kier molecular flexibility index (Phi) is 1.74. The zero-order valence-electron chi connectivity index (χ0n) is 6.49. The molecule has 1 N–H and O–H groups in total. The molecule has 12 heavy (non-hydrogen) atoms. The highest BCUT2D eigenvalue weighted by atomic mass is 31.0. The van der Waals surface area contributed by atoms with Crippen LogP contribution in [-0.2, 0) is 0 Å². The molecule has 0 aromatic heterocycles. The van der Waals surface area contributed by atoms with E-state index in [1.807, 2.05) is 24.3 Å². The monoisotopic (exact) mass is 176 g/mol. The maximum atomic E-state index is 9.30. The first-order valence-electron chi connectivity index (χ1n) is 3.74. The largest absolute Gasteiger partial charge is 0.508 e. The van der Waals surface area contributed by atoms with Crippen LogP contribution >= 0.6 is 9.24 Å². The van der Waals surface area contributed by atoms with Crippen molar-refractivity contribution < 1.29 is 5.11 Å². The van der Waals surface area contributed by atoms with Crippen LogP contribution in [0.1, 0.15) is 0 Å². The number of rotatable bonds is 0. The zero-order chi connectivity index (χ0) is 8.55. The second-order valence-corrected chi connectivity index (χ2v) is 3.38. The summed E-state index contributed by atoms with van der Waals surface area (Å²) in [4.78, 5) is 0. The Balaban J connectivity index is 2.89. The molecule has 0 aliphatic heterocycles. The van der Waals surface area contributed by atoms with Crippen LogP contribution in [0.15, 0.2) is 36.4 Å². The van der Waals surface area contributed by atoms with Gasteiger partial charge in [0.1, 0.15) is 5.75 Å². The van der Waals surface area contributed by atoms with Gasteiger partial charge in [-0.1, -0.05) is 24.3 Å². The third-order valence-corrected chi connectivity index (χ3v) is 2.36. The van der Waals surface area contributed by atoms with Gasteiger partial charge in [0, 0.05) is 0 Å². The van der Waals surface area contributed by atoms with E-state index in [0.717, 1.165) is 10.7 Å². The fourth-order valence-corrected chi connectivity index (χ4v) is 1.76. The lowest BCUT2D eigenvalue weighted by atomic mass is 10.1. The molecule has 0 saturated carbocycles. The van der Waals surface area contributed by atoms with Crippen molar-refractivity contribution >= 4 is 25.3 Å². The van der Waals surface area contributed by atoms with Gasteiger partial charge < -0.3 is 5.11 Å². The van der Waals surface area contributed by atoms with Crippen LogP contribution < -0.4 is 5.30 Å². The summed E-state index contributed by atoms with van der Waals surface area (Å²) >= 11 is 0. The molecule has 0 radical (unpaired) electrons. The Morgan fingerprint density at radius 3 is 2.67 bits per heavy atom. The molecule has 0 spiro atoms. The molecule has 2 aromatic rings. The molecule has 1 unspecified atom stereocenters. The van der Waals surface area contributed by atoms with Crippen LogP contribution in [0.5, 0.6) is 5.75 Å². The molecule has 0 fully saturated rings. The highest BCUT2D eigenvalue weighted by Gasteiger charge is 1.97. The first-order valence-corrected chi connectivity index (χ1v) is 4.32. The zero-order valence-corrected chi connectivity index (χ0v) is 7.64. The van der Waals surface area contributed by atoms with Gasteiger partial charge in [-0.3, -0.25) is 0 Å². The van der Waals surface area contributed by atoms with Crippen molar-refractivity contribution in [3.63, 3.8) is 0 Å². The van der Waals surface area contributed by atoms with Crippen molar-refractivity contribution in [1.82, 2.24) is 0 Å². The first-order chi connectivity index (χ1) is 5.77. The normalized spacial score (nSPS) is 10.4. The minimum atomic E-state index is 0.318. The van der Waals surface area contributed by atoms with Crippen LogP contribution in [0.25, 0.3) is 10.8 Å². The number of hydrogen-bond acceptors (Lipinski definition) is 1. The van der Waals surface area contributed by atoms with Crippen molar-refractivity contribution in [2.45, 2.75) is 0 Å². The number of benzene rings is 2. The molecule has 60 valence electrons. The maximum absolute atomic E-state index is 9.30. The molecular formula is C10H9OP. The molecular weight excluding hydrogens is 167 g/mol. The Hall–Kier alpha value is -1.07. The Morgan fingerprint density at radius 1 is 1.08 bits per heavy atom. The Bertz CT molecular complexity index is 423. The SMILES string of the molecule is Oc1cc(P)c2ccccc2c1. The molecule has 1 atom stereocenters. The van der Waals surface area contributed by atoms with Crippen LogP contribution in [0, 0.1) is 0 Å². The number of aromatic hydroxyl groups is 1. The minimum Gasteiger partial charge on any atom is -0.508 e. The van der Waals surface area contributed by atoms with Gasteiger partial charge in [-0.05, 0) is 28.2 Å². The molecule has 1 nitrogen and oxygen atoms in total. The standard InChI is InChI=1S/C10H9OP/c11-8-5-7-3-1-2-4-9(7)10(12)6-8/h1-6,11H,12H2. The minimum absolute atomic E-state index is 0.318. The second kappa shape index (κ2) is 2.76. The highest BCUT2D eigenvalue weighted by molar-refractivity contribution is 7.28. The molecule has 2 rings (SSSR count). The average molecular weight is 176 g/mol. The summed E-state index contributed by atoms with van der Waals surface area (Å²) < 4.78 is 0. The van der Waals surface area contributed by atoms with E-state index < -0.39 is 0 Å². The van der Waals surface area contributed by atoms with Gasteiger partial charge in [0.15, 0.2) is 0 Å². The molecule has 0 saturated heterocycles. The lowest BCUT2D eigenvalue weighted by Gasteiger charge is -2.01. The van der Waals surface area contributed by atoms with E-state index in [9.17, 15) is 5.11 Å². The predicted molar refractivity (Wildman–Crippen MR) is 55.0 cm³/mol. The van der Waals surface area contributed by atoms with Gasteiger partial charge >= 0.3 is 0 Å². The number of hydrogen-bond donors (Lipinski definition) is 1. The van der Waals surface area contributed by atoms with Crippen molar-refractivity contribution in [3.8, 4) is 5.75 Å². The fourth-order valence-electron chi connectivity index (χ4n) is 1.32. The summed E-state index contributed by atoms with van der Waals surface area (Å²) in [6.45, 7) is 0. The van der Waals surface area contributed by atoms with E-state index in [0.29, 0.717) is 5.75 Å². The maximum Gasteiger partial charge on any atom is 0.116 e. The number of fused-ring (bicyclic) bond motifs is 1. The smallest absolute Gasteiger partial charge is 0.116 e. The van der Waals surface area contributed by atoms with Gasteiger partial charge in [0.2, 0.25) is 0 Å². The summed E-state index contributed by atoms with van der Waals surface area (Å²) in [5, 5.41) is 12.6. The quantitative estimate of drug-likeness (QED) is 0.609. The number of phenols is 1.